The highest BCUT2D eigenvalue weighted by molar-refractivity contribution is 5.92. The Morgan fingerprint density at radius 3 is 1.28 bits per heavy atom. The second kappa shape index (κ2) is 19.5. The predicted octanol–water partition coefficient (Wildman–Crippen LogP) is 6.04. The number of benzene rings is 3. The molecule has 0 amide bonds. The zero-order valence-electron chi connectivity index (χ0n) is 25.6. The molecule has 0 aliphatic rings. The average molecular weight is 647 g/mol. The molecule has 3 rings (SSSR count). The van der Waals surface area contributed by atoms with Gasteiger partial charge in [0, 0.05) is 12.2 Å². The number of unbranched alkanes of at least 4 members (excludes halogenated alkanes) is 2. The molecule has 0 heterocycles. The van der Waals surface area contributed by atoms with Crippen LogP contribution >= 0.6 is 0 Å². The van der Waals surface area contributed by atoms with Crippen LogP contribution in [0.25, 0.3) is 0 Å². The molecule has 0 aliphatic carbocycles. The normalized spacial score (nSPS) is 10.1. The van der Waals surface area contributed by atoms with Gasteiger partial charge in [-0.25, -0.2) is 24.0 Å². The molecule has 0 fully saturated rings. The molecule has 0 bridgehead atoms. The molecule has 0 saturated heterocycles. The van der Waals surface area contributed by atoms with E-state index in [2.05, 4.69) is 13.2 Å². The Kier molecular flexibility index (Phi) is 14.7. The van der Waals surface area contributed by atoms with Gasteiger partial charge >= 0.3 is 30.0 Å². The third kappa shape index (κ3) is 13.3. The van der Waals surface area contributed by atoms with Gasteiger partial charge in [0.05, 0.1) is 37.6 Å². The van der Waals surface area contributed by atoms with Gasteiger partial charge in [-0.2, -0.15) is 0 Å². The van der Waals surface area contributed by atoms with Gasteiger partial charge in [-0.05, 0) is 98.5 Å². The highest BCUT2D eigenvalue weighted by Gasteiger charge is 2.13. The molecule has 0 aromatic heterocycles. The molecule has 0 spiro atoms. The Bertz CT molecular complexity index is 1510. The molecular formula is C35H34O12. The summed E-state index contributed by atoms with van der Waals surface area (Å²) in [5.41, 5.74) is 0.523. The molecule has 47 heavy (non-hydrogen) atoms. The lowest BCUT2D eigenvalue weighted by Gasteiger charge is -2.09. The molecule has 0 N–H and O–H groups in total. The van der Waals surface area contributed by atoms with Crippen molar-refractivity contribution in [2.75, 3.05) is 26.4 Å². The van der Waals surface area contributed by atoms with Gasteiger partial charge in [0.2, 0.25) is 0 Å². The van der Waals surface area contributed by atoms with Crippen LogP contribution in [-0.2, 0) is 23.8 Å². The smallest absolute Gasteiger partial charge is 0.494 e. The first-order valence-electron chi connectivity index (χ1n) is 14.6. The molecule has 0 aliphatic heterocycles. The Morgan fingerprint density at radius 2 is 0.830 bits per heavy atom. The molecule has 12 nitrogen and oxygen atoms in total. The number of hydrogen-bond donors (Lipinski definition) is 0. The second-order valence-electron chi connectivity index (χ2n) is 9.51. The minimum atomic E-state index is -0.904. The quantitative estimate of drug-likeness (QED) is 0.0396. The van der Waals surface area contributed by atoms with E-state index in [0.29, 0.717) is 43.6 Å². The number of rotatable bonds is 18. The van der Waals surface area contributed by atoms with E-state index in [4.69, 9.17) is 33.2 Å². The first-order valence-corrected chi connectivity index (χ1v) is 14.6. The third-order valence-electron chi connectivity index (χ3n) is 6.01. The molecular weight excluding hydrogens is 612 g/mol. The third-order valence-corrected chi connectivity index (χ3v) is 6.01. The van der Waals surface area contributed by atoms with E-state index >= 15 is 0 Å². The fraction of sp³-hybridized carbons (Fsp3) is 0.229. The van der Waals surface area contributed by atoms with Gasteiger partial charge in [-0.15, -0.1) is 0 Å². The van der Waals surface area contributed by atoms with E-state index in [1.165, 1.54) is 48.5 Å². The summed E-state index contributed by atoms with van der Waals surface area (Å²) in [7, 11) is 0. The van der Waals surface area contributed by atoms with E-state index in [0.717, 1.165) is 12.2 Å². The summed E-state index contributed by atoms with van der Waals surface area (Å²) < 4.78 is 36.1. The fourth-order valence-electron chi connectivity index (χ4n) is 3.60. The lowest BCUT2D eigenvalue weighted by atomic mass is 10.2. The van der Waals surface area contributed by atoms with Gasteiger partial charge in [-0.1, -0.05) is 13.2 Å². The zero-order valence-corrected chi connectivity index (χ0v) is 25.6. The number of esters is 4. The topological polar surface area (TPSA) is 150 Å². The van der Waals surface area contributed by atoms with E-state index in [-0.39, 0.29) is 42.6 Å². The van der Waals surface area contributed by atoms with E-state index in [1.54, 1.807) is 24.3 Å². The standard InChI is InChI=1S/C35H34O12/c1-3-31(36)42-22-6-5-21-41-27-13-9-25(10-14-27)33(38)45-28-15-11-26(12-16-28)34(39)46-29-17-19-30(20-18-29)47-35(40)44-24-8-7-23-43-32(37)4-2/h3-4,9-20H,1-2,5-8,21-24H2. The first-order chi connectivity index (χ1) is 22.8. The summed E-state index contributed by atoms with van der Waals surface area (Å²) in [6.45, 7) is 7.61. The van der Waals surface area contributed by atoms with Gasteiger partial charge in [-0.3, -0.25) is 0 Å². The fourth-order valence-corrected chi connectivity index (χ4v) is 3.60. The van der Waals surface area contributed by atoms with Gasteiger partial charge in [0.25, 0.3) is 0 Å². The average Bonchev–Trinajstić information content (AvgIpc) is 3.08. The lowest BCUT2D eigenvalue weighted by molar-refractivity contribution is -0.138. The van der Waals surface area contributed by atoms with Gasteiger partial charge < -0.3 is 33.2 Å². The van der Waals surface area contributed by atoms with Crippen molar-refractivity contribution in [2.45, 2.75) is 25.7 Å². The van der Waals surface area contributed by atoms with Crippen LogP contribution in [0.4, 0.5) is 4.79 Å². The summed E-state index contributed by atoms with van der Waals surface area (Å²) in [6.07, 6.45) is 3.58. The second-order valence-corrected chi connectivity index (χ2v) is 9.51. The van der Waals surface area contributed by atoms with Crippen molar-refractivity contribution >= 4 is 30.0 Å². The Morgan fingerprint density at radius 1 is 0.468 bits per heavy atom. The minimum Gasteiger partial charge on any atom is -0.494 e. The Labute approximate surface area is 271 Å². The van der Waals surface area contributed by atoms with Gasteiger partial charge in [0.1, 0.15) is 23.0 Å². The van der Waals surface area contributed by atoms with Crippen LogP contribution in [0.5, 0.6) is 23.0 Å². The maximum absolute atomic E-state index is 12.6. The number of carbonyl (C=O) groups is 5. The summed E-state index contributed by atoms with van der Waals surface area (Å²) >= 11 is 0. The molecule has 0 unspecified atom stereocenters. The Hall–Kier alpha value is -5.91. The van der Waals surface area contributed by atoms with Crippen LogP contribution < -0.4 is 18.9 Å². The SMILES string of the molecule is C=CC(=O)OCCCCOC(=O)Oc1ccc(OC(=O)c2ccc(OC(=O)c3ccc(OCCCCOC(=O)C=C)cc3)cc2)cc1. The first kappa shape index (κ1) is 35.6. The zero-order chi connectivity index (χ0) is 33.9. The molecule has 12 heteroatoms. The lowest BCUT2D eigenvalue weighted by Crippen LogP contribution is -2.12. The Balaban J connectivity index is 1.37. The monoisotopic (exact) mass is 646 g/mol. The van der Waals surface area contributed by atoms with Crippen LogP contribution in [0.1, 0.15) is 46.4 Å². The maximum Gasteiger partial charge on any atom is 0.513 e. The van der Waals surface area contributed by atoms with Crippen molar-refractivity contribution < 1.29 is 57.1 Å². The largest absolute Gasteiger partial charge is 0.513 e. The maximum atomic E-state index is 12.6. The molecule has 0 atom stereocenters. The number of hydrogen-bond acceptors (Lipinski definition) is 12. The summed E-state index contributed by atoms with van der Waals surface area (Å²) in [5, 5.41) is 0. The van der Waals surface area contributed by atoms with Crippen LogP contribution in [0, 0.1) is 0 Å². The van der Waals surface area contributed by atoms with Crippen LogP contribution in [0.2, 0.25) is 0 Å². The van der Waals surface area contributed by atoms with Crippen molar-refractivity contribution in [3.8, 4) is 23.0 Å². The predicted molar refractivity (Wildman–Crippen MR) is 167 cm³/mol. The van der Waals surface area contributed by atoms with Crippen molar-refractivity contribution in [1.29, 1.82) is 0 Å². The van der Waals surface area contributed by atoms with E-state index in [1.807, 2.05) is 0 Å². The molecule has 3 aromatic carbocycles. The number of ether oxygens (including phenoxy) is 7. The molecule has 246 valence electrons. The van der Waals surface area contributed by atoms with Crippen LogP contribution in [0.3, 0.4) is 0 Å². The van der Waals surface area contributed by atoms with Crippen molar-refractivity contribution in [3.05, 3.63) is 109 Å². The highest BCUT2D eigenvalue weighted by Crippen LogP contribution is 2.21. The van der Waals surface area contributed by atoms with Crippen molar-refractivity contribution in [2.24, 2.45) is 0 Å². The highest BCUT2D eigenvalue weighted by atomic mass is 16.7. The van der Waals surface area contributed by atoms with Gasteiger partial charge in [0.15, 0.2) is 0 Å². The molecule has 0 saturated carbocycles. The molecule has 3 aromatic rings. The van der Waals surface area contributed by atoms with Crippen LogP contribution in [-0.4, -0.2) is 56.5 Å². The summed E-state index contributed by atoms with van der Waals surface area (Å²) in [4.78, 5) is 58.9. The van der Waals surface area contributed by atoms with Crippen LogP contribution in [0.15, 0.2) is 98.1 Å². The van der Waals surface area contributed by atoms with E-state index in [9.17, 15) is 24.0 Å². The number of carbonyl (C=O) groups excluding carboxylic acids is 5. The molecule has 0 radical (unpaired) electrons. The summed E-state index contributed by atoms with van der Waals surface area (Å²) in [5.74, 6) is -1.02. The van der Waals surface area contributed by atoms with Crippen molar-refractivity contribution in [3.63, 3.8) is 0 Å². The van der Waals surface area contributed by atoms with E-state index < -0.39 is 30.0 Å². The summed E-state index contributed by atoms with van der Waals surface area (Å²) in [6, 6.07) is 18.1. The minimum absolute atomic E-state index is 0.0853. The van der Waals surface area contributed by atoms with Crippen molar-refractivity contribution in [1.82, 2.24) is 0 Å².